The van der Waals surface area contributed by atoms with Crippen molar-refractivity contribution in [2.75, 3.05) is 20.8 Å². The van der Waals surface area contributed by atoms with Crippen molar-refractivity contribution in [3.63, 3.8) is 0 Å². The highest BCUT2D eigenvalue weighted by molar-refractivity contribution is 5.87. The van der Waals surface area contributed by atoms with Gasteiger partial charge in [0.05, 0.1) is 31.3 Å². The molecule has 1 aromatic rings. The zero-order chi connectivity index (χ0) is 16.9. The number of hydrogen-bond donors (Lipinski definition) is 0. The molecule has 0 saturated carbocycles. The first-order valence-electron chi connectivity index (χ1n) is 7.33. The highest BCUT2D eigenvalue weighted by Gasteiger charge is 2.21. The lowest BCUT2D eigenvalue weighted by Crippen LogP contribution is -2.13. The maximum Gasteiger partial charge on any atom is 0.358 e. The second kappa shape index (κ2) is 7.49. The summed E-state index contributed by atoms with van der Waals surface area (Å²) in [5.41, 5.74) is 4.15. The van der Waals surface area contributed by atoms with Crippen LogP contribution in [-0.2, 0) is 9.47 Å². The third kappa shape index (κ3) is 4.37. The smallest absolute Gasteiger partial charge is 0.358 e. The molecule has 0 amide bonds. The van der Waals surface area contributed by atoms with Crippen LogP contribution in [0.1, 0.15) is 56.0 Å². The number of aryl methyl sites for hydroxylation is 1. The zero-order valence-electron chi connectivity index (χ0n) is 14.6. The number of nitrogens with zero attached hydrogens (tertiary/aromatic N) is 2. The molecule has 0 atom stereocenters. The third-order valence-electron chi connectivity index (χ3n) is 3.76. The van der Waals surface area contributed by atoms with Crippen molar-refractivity contribution < 1.29 is 14.3 Å². The van der Waals surface area contributed by atoms with E-state index in [1.165, 1.54) is 18.9 Å². The standard InChI is InChI=1S/C17H26N2O3/c1-11(17(3,4)5)13(8-9-21-6)15-12(2)19-14(10-18-15)16(20)22-7/h10H,8-9H2,1-7H3/b13-11+. The maximum absolute atomic E-state index is 11.6. The van der Waals surface area contributed by atoms with E-state index in [1.807, 2.05) is 6.92 Å². The Morgan fingerprint density at radius 3 is 2.36 bits per heavy atom. The molecule has 122 valence electrons. The van der Waals surface area contributed by atoms with Gasteiger partial charge in [0.25, 0.3) is 0 Å². The quantitative estimate of drug-likeness (QED) is 0.780. The molecule has 0 saturated heterocycles. The Bertz CT molecular complexity index is 572. The number of carbonyl (C=O) groups excluding carboxylic acids is 1. The summed E-state index contributed by atoms with van der Waals surface area (Å²) in [5, 5.41) is 0. The number of methoxy groups -OCH3 is 2. The first-order chi connectivity index (χ1) is 10.2. The minimum absolute atomic E-state index is 0.0260. The van der Waals surface area contributed by atoms with Gasteiger partial charge >= 0.3 is 5.97 Å². The minimum Gasteiger partial charge on any atom is -0.464 e. The minimum atomic E-state index is -0.475. The molecule has 0 unspecified atom stereocenters. The van der Waals surface area contributed by atoms with Crippen molar-refractivity contribution in [3.05, 3.63) is 28.9 Å². The Balaban J connectivity index is 3.35. The third-order valence-corrected chi connectivity index (χ3v) is 3.76. The van der Waals surface area contributed by atoms with Gasteiger partial charge in [0.15, 0.2) is 5.69 Å². The molecule has 5 nitrogen and oxygen atoms in total. The maximum atomic E-state index is 11.6. The second-order valence-corrected chi connectivity index (χ2v) is 6.28. The molecule has 1 rings (SSSR count). The van der Waals surface area contributed by atoms with Crippen molar-refractivity contribution >= 4 is 11.5 Å². The van der Waals surface area contributed by atoms with E-state index in [0.717, 1.165) is 23.4 Å². The Hall–Kier alpha value is -1.75. The van der Waals surface area contributed by atoms with E-state index in [2.05, 4.69) is 42.4 Å². The van der Waals surface area contributed by atoms with Crippen LogP contribution < -0.4 is 0 Å². The predicted molar refractivity (Wildman–Crippen MR) is 86.7 cm³/mol. The van der Waals surface area contributed by atoms with Gasteiger partial charge in [-0.25, -0.2) is 9.78 Å². The van der Waals surface area contributed by atoms with Crippen LogP contribution in [-0.4, -0.2) is 36.8 Å². The van der Waals surface area contributed by atoms with Crippen molar-refractivity contribution in [2.45, 2.75) is 41.0 Å². The molecule has 1 aromatic heterocycles. The second-order valence-electron chi connectivity index (χ2n) is 6.28. The molecular weight excluding hydrogens is 280 g/mol. The number of hydrogen-bond acceptors (Lipinski definition) is 5. The highest BCUT2D eigenvalue weighted by atomic mass is 16.5. The first-order valence-corrected chi connectivity index (χ1v) is 7.33. The van der Waals surface area contributed by atoms with Crippen LogP contribution in [0.5, 0.6) is 0 Å². The van der Waals surface area contributed by atoms with E-state index in [9.17, 15) is 4.79 Å². The van der Waals surface area contributed by atoms with E-state index < -0.39 is 5.97 Å². The Labute approximate surface area is 132 Å². The molecule has 0 aromatic carbocycles. The summed E-state index contributed by atoms with van der Waals surface area (Å²) in [7, 11) is 3.02. The summed E-state index contributed by atoms with van der Waals surface area (Å²) in [6, 6.07) is 0. The molecule has 0 N–H and O–H groups in total. The fraction of sp³-hybridized carbons (Fsp3) is 0.588. The number of ether oxygens (including phenoxy) is 2. The summed E-state index contributed by atoms with van der Waals surface area (Å²) >= 11 is 0. The van der Waals surface area contributed by atoms with Gasteiger partial charge in [-0.2, -0.15) is 0 Å². The highest BCUT2D eigenvalue weighted by Crippen LogP contribution is 2.34. The normalized spacial score (nSPS) is 12.9. The summed E-state index contributed by atoms with van der Waals surface area (Å²) in [6.45, 7) is 11.1. The number of aromatic nitrogens is 2. The van der Waals surface area contributed by atoms with Gasteiger partial charge in [-0.3, -0.25) is 4.98 Å². The summed E-state index contributed by atoms with van der Waals surface area (Å²) in [5.74, 6) is -0.475. The fourth-order valence-electron chi connectivity index (χ4n) is 2.12. The fourth-order valence-corrected chi connectivity index (χ4v) is 2.12. The van der Waals surface area contributed by atoms with Crippen LogP contribution in [0.4, 0.5) is 0 Å². The van der Waals surface area contributed by atoms with Crippen molar-refractivity contribution in [1.29, 1.82) is 0 Å². The average molecular weight is 306 g/mol. The molecule has 0 aliphatic heterocycles. The van der Waals surface area contributed by atoms with Gasteiger partial charge in [0.2, 0.25) is 0 Å². The monoisotopic (exact) mass is 306 g/mol. The SMILES string of the molecule is COCC/C(=C(/C)C(C)(C)C)c1ncc(C(=O)OC)nc1C. The van der Waals surface area contributed by atoms with Gasteiger partial charge in [0, 0.05) is 7.11 Å². The van der Waals surface area contributed by atoms with Crippen molar-refractivity contribution in [3.8, 4) is 0 Å². The molecule has 22 heavy (non-hydrogen) atoms. The molecule has 1 heterocycles. The summed E-state index contributed by atoms with van der Waals surface area (Å²) in [6.07, 6.45) is 2.23. The van der Waals surface area contributed by atoms with Crippen LogP contribution in [0.2, 0.25) is 0 Å². The molecule has 0 fully saturated rings. The number of esters is 1. The van der Waals surface area contributed by atoms with Crippen LogP contribution >= 0.6 is 0 Å². The van der Waals surface area contributed by atoms with Crippen LogP contribution in [0.3, 0.4) is 0 Å². The molecular formula is C17H26N2O3. The molecule has 0 aliphatic rings. The van der Waals surface area contributed by atoms with Gasteiger partial charge < -0.3 is 9.47 Å². The molecule has 0 aliphatic carbocycles. The van der Waals surface area contributed by atoms with E-state index in [0.29, 0.717) is 6.61 Å². The average Bonchev–Trinajstić information content (AvgIpc) is 2.46. The van der Waals surface area contributed by atoms with Crippen LogP contribution in [0, 0.1) is 12.3 Å². The lowest BCUT2D eigenvalue weighted by molar-refractivity contribution is 0.0593. The Kier molecular flexibility index (Phi) is 6.23. The topological polar surface area (TPSA) is 61.3 Å². The van der Waals surface area contributed by atoms with Crippen molar-refractivity contribution in [1.82, 2.24) is 9.97 Å². The summed E-state index contributed by atoms with van der Waals surface area (Å²) < 4.78 is 9.90. The van der Waals surface area contributed by atoms with E-state index in [-0.39, 0.29) is 11.1 Å². The van der Waals surface area contributed by atoms with Gasteiger partial charge in [0.1, 0.15) is 0 Å². The molecule has 0 radical (unpaired) electrons. The van der Waals surface area contributed by atoms with E-state index in [4.69, 9.17) is 4.74 Å². The van der Waals surface area contributed by atoms with Crippen LogP contribution in [0.15, 0.2) is 11.8 Å². The van der Waals surface area contributed by atoms with Gasteiger partial charge in [-0.05, 0) is 31.3 Å². The van der Waals surface area contributed by atoms with Gasteiger partial charge in [-0.1, -0.05) is 26.3 Å². The van der Waals surface area contributed by atoms with Crippen LogP contribution in [0.25, 0.3) is 5.57 Å². The first kappa shape index (κ1) is 18.3. The molecule has 5 heteroatoms. The molecule has 0 bridgehead atoms. The molecule has 0 spiro atoms. The number of allylic oxidation sites excluding steroid dienone is 1. The lowest BCUT2D eigenvalue weighted by Gasteiger charge is -2.24. The Morgan fingerprint density at radius 2 is 1.91 bits per heavy atom. The van der Waals surface area contributed by atoms with E-state index >= 15 is 0 Å². The lowest BCUT2D eigenvalue weighted by atomic mass is 9.82. The summed E-state index contributed by atoms with van der Waals surface area (Å²) in [4.78, 5) is 20.3. The zero-order valence-corrected chi connectivity index (χ0v) is 14.6. The van der Waals surface area contributed by atoms with E-state index in [1.54, 1.807) is 7.11 Å². The Morgan fingerprint density at radius 1 is 1.27 bits per heavy atom. The number of carbonyl (C=O) groups is 1. The largest absolute Gasteiger partial charge is 0.464 e. The van der Waals surface area contributed by atoms with Gasteiger partial charge in [-0.15, -0.1) is 0 Å². The predicted octanol–water partition coefficient (Wildman–Crippen LogP) is 3.43. The van der Waals surface area contributed by atoms with Crippen molar-refractivity contribution in [2.24, 2.45) is 5.41 Å². The number of rotatable bonds is 5.